The van der Waals surface area contributed by atoms with Crippen molar-refractivity contribution in [3.05, 3.63) is 46.8 Å². The first-order valence-electron chi connectivity index (χ1n) is 10.4. The highest BCUT2D eigenvalue weighted by Gasteiger charge is 2.45. The first-order valence-corrected chi connectivity index (χ1v) is 10.4. The van der Waals surface area contributed by atoms with Crippen LogP contribution in [-0.4, -0.2) is 71.6 Å². The zero-order chi connectivity index (χ0) is 24.0. The maximum atomic E-state index is 13.2. The molecule has 0 radical (unpaired) electrons. The van der Waals surface area contributed by atoms with Crippen LogP contribution in [0, 0.1) is 0 Å². The molecular weight excluding hydrogens is 452 g/mol. The van der Waals surface area contributed by atoms with Crippen LogP contribution in [0.25, 0.3) is 22.1 Å². The van der Waals surface area contributed by atoms with Crippen LogP contribution in [0.4, 0.5) is 0 Å². The van der Waals surface area contributed by atoms with E-state index in [1.54, 1.807) is 18.2 Å². The van der Waals surface area contributed by atoms with Gasteiger partial charge in [-0.25, -0.2) is 0 Å². The first-order chi connectivity index (χ1) is 16.4. The summed E-state index contributed by atoms with van der Waals surface area (Å²) in [6.45, 7) is -0.489. The molecule has 0 spiro atoms. The predicted molar refractivity (Wildman–Crippen MR) is 115 cm³/mol. The number of ether oxygens (including phenoxy) is 5. The standard InChI is InChI=1S/C23H22O11/c1-29-15-5-11-14(6-17(15)33-23-22(28)21(27)20(26)18(7-24)34-23)30-8-12(19(11)25)10-2-3-13-16(4-10)32-9-31-13/h2-6,8,18,20-24,26-28H,7,9H2,1H3/t18?,20-,21+,22?,23-/m1/s1. The lowest BCUT2D eigenvalue weighted by molar-refractivity contribution is -0.277. The summed E-state index contributed by atoms with van der Waals surface area (Å²) in [5.74, 6) is 1.31. The van der Waals surface area contributed by atoms with Crippen LogP contribution in [-0.2, 0) is 4.74 Å². The fraction of sp³-hybridized carbons (Fsp3) is 0.348. The van der Waals surface area contributed by atoms with Crippen LogP contribution >= 0.6 is 0 Å². The largest absolute Gasteiger partial charge is 0.493 e. The van der Waals surface area contributed by atoms with Crippen LogP contribution in [0.15, 0.2) is 45.8 Å². The molecule has 5 rings (SSSR count). The molecule has 3 aromatic rings. The molecule has 11 heteroatoms. The molecule has 0 bridgehead atoms. The van der Waals surface area contributed by atoms with E-state index in [-0.39, 0.29) is 34.7 Å². The van der Waals surface area contributed by atoms with Gasteiger partial charge in [0.2, 0.25) is 18.5 Å². The van der Waals surface area contributed by atoms with Crippen molar-refractivity contribution in [3.63, 3.8) is 0 Å². The topological polar surface area (TPSA) is 157 Å². The third-order valence-corrected chi connectivity index (χ3v) is 5.83. The molecule has 180 valence electrons. The summed E-state index contributed by atoms with van der Waals surface area (Å²) in [6, 6.07) is 7.93. The normalized spacial score (nSPS) is 26.0. The van der Waals surface area contributed by atoms with Gasteiger partial charge in [0.15, 0.2) is 23.0 Å². The Kier molecular flexibility index (Phi) is 5.80. The highest BCUT2D eigenvalue weighted by Crippen LogP contribution is 2.37. The summed E-state index contributed by atoms with van der Waals surface area (Å²) in [5.41, 5.74) is 0.739. The number of benzene rings is 2. The van der Waals surface area contributed by atoms with Gasteiger partial charge in [0.1, 0.15) is 36.3 Å². The fourth-order valence-corrected chi connectivity index (χ4v) is 3.94. The molecule has 2 aliphatic rings. The van der Waals surface area contributed by atoms with E-state index in [1.165, 1.54) is 25.5 Å². The molecule has 1 fully saturated rings. The molecule has 34 heavy (non-hydrogen) atoms. The van der Waals surface area contributed by atoms with Crippen molar-refractivity contribution in [1.82, 2.24) is 0 Å². The molecule has 5 atom stereocenters. The Bertz CT molecular complexity index is 1270. The molecule has 1 aromatic heterocycles. The Hall–Kier alpha value is -3.35. The molecule has 3 heterocycles. The molecule has 0 saturated carbocycles. The maximum absolute atomic E-state index is 13.2. The second-order valence-electron chi connectivity index (χ2n) is 7.86. The van der Waals surface area contributed by atoms with E-state index in [1.807, 2.05) is 0 Å². The van der Waals surface area contributed by atoms with Crippen molar-refractivity contribution in [2.75, 3.05) is 20.5 Å². The van der Waals surface area contributed by atoms with Gasteiger partial charge in [-0.05, 0) is 23.8 Å². The average molecular weight is 474 g/mol. The minimum Gasteiger partial charge on any atom is -0.493 e. The molecular formula is C23H22O11. The highest BCUT2D eigenvalue weighted by atomic mass is 16.7. The smallest absolute Gasteiger partial charge is 0.231 e. The Morgan fingerprint density at radius 3 is 2.56 bits per heavy atom. The van der Waals surface area contributed by atoms with E-state index in [0.717, 1.165) is 0 Å². The predicted octanol–water partition coefficient (Wildman–Crippen LogP) is 0.376. The molecule has 11 nitrogen and oxygen atoms in total. The molecule has 2 unspecified atom stereocenters. The molecule has 2 aromatic carbocycles. The molecule has 4 N–H and O–H groups in total. The van der Waals surface area contributed by atoms with Gasteiger partial charge < -0.3 is 48.5 Å². The lowest BCUT2D eigenvalue weighted by Crippen LogP contribution is -2.60. The highest BCUT2D eigenvalue weighted by molar-refractivity contribution is 5.85. The minimum atomic E-state index is -1.61. The van der Waals surface area contributed by atoms with Crippen molar-refractivity contribution in [3.8, 4) is 34.1 Å². The zero-order valence-electron chi connectivity index (χ0n) is 17.9. The number of rotatable bonds is 5. The monoisotopic (exact) mass is 474 g/mol. The van der Waals surface area contributed by atoms with E-state index < -0.39 is 37.3 Å². The Morgan fingerprint density at radius 1 is 1.00 bits per heavy atom. The lowest BCUT2D eigenvalue weighted by atomic mass is 9.99. The van der Waals surface area contributed by atoms with Gasteiger partial charge in [0, 0.05) is 6.07 Å². The maximum Gasteiger partial charge on any atom is 0.231 e. The second-order valence-corrected chi connectivity index (χ2v) is 7.86. The van der Waals surface area contributed by atoms with Crippen molar-refractivity contribution >= 4 is 11.0 Å². The number of fused-ring (bicyclic) bond motifs is 2. The summed E-state index contributed by atoms with van der Waals surface area (Å²) in [5, 5.41) is 39.8. The third kappa shape index (κ3) is 3.73. The molecule has 0 aliphatic carbocycles. The van der Waals surface area contributed by atoms with Gasteiger partial charge in [-0.1, -0.05) is 6.07 Å². The Morgan fingerprint density at radius 2 is 1.79 bits per heavy atom. The summed E-state index contributed by atoms with van der Waals surface area (Å²) in [4.78, 5) is 13.2. The number of hydrogen-bond acceptors (Lipinski definition) is 11. The van der Waals surface area contributed by atoms with Crippen molar-refractivity contribution in [1.29, 1.82) is 0 Å². The summed E-state index contributed by atoms with van der Waals surface area (Å²) < 4.78 is 32.8. The summed E-state index contributed by atoms with van der Waals surface area (Å²) in [6.07, 6.45) is -6.00. The van der Waals surface area contributed by atoms with Crippen LogP contribution in [0.3, 0.4) is 0 Å². The van der Waals surface area contributed by atoms with Crippen molar-refractivity contribution in [2.24, 2.45) is 0 Å². The lowest BCUT2D eigenvalue weighted by Gasteiger charge is -2.39. The van der Waals surface area contributed by atoms with Crippen molar-refractivity contribution < 1.29 is 48.5 Å². The molecule has 0 amide bonds. The van der Waals surface area contributed by atoms with Crippen LogP contribution in [0.2, 0.25) is 0 Å². The second kappa shape index (κ2) is 8.78. The molecule has 1 saturated heterocycles. The Balaban J connectivity index is 1.50. The van der Waals surface area contributed by atoms with Crippen LogP contribution in [0.5, 0.6) is 23.0 Å². The summed E-state index contributed by atoms with van der Waals surface area (Å²) in [7, 11) is 1.37. The van der Waals surface area contributed by atoms with E-state index in [4.69, 9.17) is 28.1 Å². The van der Waals surface area contributed by atoms with Gasteiger partial charge in [0.25, 0.3) is 0 Å². The SMILES string of the molecule is COc1cc2c(=O)c(-c3ccc4c(c3)OCO4)coc2cc1O[C@@H]1OC(CO)[C@@H](O)[C@H](O)C1O. The van der Waals surface area contributed by atoms with Crippen molar-refractivity contribution in [2.45, 2.75) is 30.7 Å². The molecule has 2 aliphatic heterocycles. The number of hydrogen-bond donors (Lipinski definition) is 4. The summed E-state index contributed by atoms with van der Waals surface area (Å²) >= 11 is 0. The number of aliphatic hydroxyl groups is 4. The van der Waals surface area contributed by atoms with Gasteiger partial charge in [-0.15, -0.1) is 0 Å². The quantitative estimate of drug-likeness (QED) is 0.405. The van der Waals surface area contributed by atoms with Gasteiger partial charge in [0.05, 0.1) is 24.7 Å². The van der Waals surface area contributed by atoms with E-state index in [9.17, 15) is 25.2 Å². The Labute approximate surface area is 192 Å². The van der Waals surface area contributed by atoms with E-state index in [2.05, 4.69) is 0 Å². The van der Waals surface area contributed by atoms with Gasteiger partial charge in [-0.3, -0.25) is 4.79 Å². The third-order valence-electron chi connectivity index (χ3n) is 5.83. The number of methoxy groups -OCH3 is 1. The first kappa shape index (κ1) is 22.4. The number of aliphatic hydroxyl groups excluding tert-OH is 4. The zero-order valence-corrected chi connectivity index (χ0v) is 17.9. The van der Waals surface area contributed by atoms with E-state index >= 15 is 0 Å². The minimum absolute atomic E-state index is 0.0540. The van der Waals surface area contributed by atoms with E-state index in [0.29, 0.717) is 22.6 Å². The average Bonchev–Trinajstić information content (AvgIpc) is 3.32. The van der Waals surface area contributed by atoms with Gasteiger partial charge in [-0.2, -0.15) is 0 Å². The fourth-order valence-electron chi connectivity index (χ4n) is 3.94. The van der Waals surface area contributed by atoms with Crippen LogP contribution in [0.1, 0.15) is 0 Å². The van der Waals surface area contributed by atoms with Gasteiger partial charge >= 0.3 is 0 Å². The van der Waals surface area contributed by atoms with Crippen LogP contribution < -0.4 is 24.4 Å².